The lowest BCUT2D eigenvalue weighted by Crippen LogP contribution is -2.17. The van der Waals surface area contributed by atoms with E-state index in [0.717, 1.165) is 21.8 Å². The molecule has 0 aliphatic heterocycles. The number of carbonyl (C=O) groups is 2. The third-order valence-corrected chi connectivity index (χ3v) is 7.21. The molecule has 10 heteroatoms. The van der Waals surface area contributed by atoms with Gasteiger partial charge in [0, 0.05) is 11.4 Å². The fourth-order valence-electron chi connectivity index (χ4n) is 3.23. The number of rotatable bonds is 9. The van der Waals surface area contributed by atoms with Crippen molar-refractivity contribution in [3.63, 3.8) is 0 Å². The van der Waals surface area contributed by atoms with Gasteiger partial charge in [-0.15, -0.1) is 21.5 Å². The third kappa shape index (κ3) is 5.75. The lowest BCUT2D eigenvalue weighted by atomic mass is 10.1. The van der Waals surface area contributed by atoms with Crippen LogP contribution in [0.5, 0.6) is 5.75 Å². The van der Waals surface area contributed by atoms with Crippen molar-refractivity contribution >= 4 is 40.0 Å². The number of aromatic nitrogens is 3. The Bertz CT molecular complexity index is 1140. The molecule has 1 unspecified atom stereocenters. The predicted molar refractivity (Wildman–Crippen MR) is 130 cm³/mol. The van der Waals surface area contributed by atoms with Crippen molar-refractivity contribution in [1.29, 1.82) is 0 Å². The van der Waals surface area contributed by atoms with Gasteiger partial charge >= 0.3 is 5.97 Å². The van der Waals surface area contributed by atoms with E-state index in [1.807, 2.05) is 63.5 Å². The van der Waals surface area contributed by atoms with Crippen molar-refractivity contribution in [3.05, 3.63) is 51.7 Å². The summed E-state index contributed by atoms with van der Waals surface area (Å²) in [5.74, 6) is 0.885. The van der Waals surface area contributed by atoms with Crippen molar-refractivity contribution in [2.45, 2.75) is 52.4 Å². The number of esters is 1. The number of benzene rings is 1. The Hall–Kier alpha value is -2.85. The van der Waals surface area contributed by atoms with Gasteiger partial charge in [0.15, 0.2) is 17.1 Å². The lowest BCUT2D eigenvalue weighted by Gasteiger charge is -2.15. The maximum absolute atomic E-state index is 12.6. The first-order valence-electron chi connectivity index (χ1n) is 10.5. The highest BCUT2D eigenvalue weighted by Crippen LogP contribution is 2.33. The van der Waals surface area contributed by atoms with Crippen LogP contribution in [0.4, 0.5) is 5.00 Å². The van der Waals surface area contributed by atoms with Crippen LogP contribution in [0.3, 0.4) is 0 Å². The van der Waals surface area contributed by atoms with Crippen LogP contribution < -0.4 is 10.1 Å². The Balaban J connectivity index is 1.67. The molecule has 3 rings (SSSR count). The van der Waals surface area contributed by atoms with Gasteiger partial charge in [-0.2, -0.15) is 0 Å². The average Bonchev–Trinajstić information content (AvgIpc) is 3.33. The lowest BCUT2D eigenvalue weighted by molar-refractivity contribution is -0.113. The summed E-state index contributed by atoms with van der Waals surface area (Å²) in [6.45, 7) is 10.3. The fourth-order valence-corrected chi connectivity index (χ4v) is 5.11. The van der Waals surface area contributed by atoms with Crippen LogP contribution in [-0.4, -0.2) is 39.5 Å². The zero-order valence-electron chi connectivity index (χ0n) is 19.6. The van der Waals surface area contributed by atoms with Crippen molar-refractivity contribution < 1.29 is 19.1 Å². The van der Waals surface area contributed by atoms with Crippen LogP contribution >= 0.6 is 23.1 Å². The summed E-state index contributed by atoms with van der Waals surface area (Å²) in [7, 11) is 1.33. The number of carbonyl (C=O) groups excluding carboxylic acids is 2. The van der Waals surface area contributed by atoms with Crippen LogP contribution in [0.1, 0.15) is 52.1 Å². The molecule has 0 saturated heterocycles. The zero-order chi connectivity index (χ0) is 24.1. The quantitative estimate of drug-likeness (QED) is 0.337. The Morgan fingerprint density at radius 3 is 2.52 bits per heavy atom. The highest BCUT2D eigenvalue weighted by molar-refractivity contribution is 7.99. The molecule has 1 aromatic carbocycles. The normalized spacial score (nSPS) is 11.8. The molecule has 3 aromatic rings. The number of methoxy groups -OCH3 is 1. The molecule has 2 aromatic heterocycles. The molecular weight excluding hydrogens is 460 g/mol. The van der Waals surface area contributed by atoms with Crippen molar-refractivity contribution in [2.24, 2.45) is 0 Å². The SMILES string of the molecule is CCn1c(SCC(=O)Nc2sc(C)c(C)c2C(=O)OC)nnc1C(C)Oc1ccc(C)cc1. The molecule has 0 fully saturated rings. The minimum atomic E-state index is -0.460. The number of aryl methyl sites for hydroxylation is 2. The summed E-state index contributed by atoms with van der Waals surface area (Å²) in [5.41, 5.74) is 2.38. The Kier molecular flexibility index (Phi) is 8.15. The molecular formula is C23H28N4O4S2. The number of nitrogens with zero attached hydrogens (tertiary/aromatic N) is 3. The molecule has 0 saturated carbocycles. The molecule has 8 nitrogen and oxygen atoms in total. The van der Waals surface area contributed by atoms with Gasteiger partial charge in [-0.1, -0.05) is 29.5 Å². The second kappa shape index (κ2) is 10.8. The van der Waals surface area contributed by atoms with Crippen LogP contribution in [0, 0.1) is 20.8 Å². The van der Waals surface area contributed by atoms with Crippen molar-refractivity contribution in [1.82, 2.24) is 14.8 Å². The van der Waals surface area contributed by atoms with Gasteiger partial charge in [0.05, 0.1) is 18.4 Å². The largest absolute Gasteiger partial charge is 0.483 e. The van der Waals surface area contributed by atoms with Crippen LogP contribution in [0.15, 0.2) is 29.4 Å². The van der Waals surface area contributed by atoms with E-state index in [0.29, 0.717) is 28.1 Å². The molecule has 0 aliphatic rings. The molecule has 1 amide bonds. The minimum absolute atomic E-state index is 0.127. The number of ether oxygens (including phenoxy) is 2. The predicted octanol–water partition coefficient (Wildman–Crippen LogP) is 4.94. The zero-order valence-corrected chi connectivity index (χ0v) is 21.2. The number of anilines is 1. The molecule has 33 heavy (non-hydrogen) atoms. The number of amides is 1. The highest BCUT2D eigenvalue weighted by atomic mass is 32.2. The molecule has 1 atom stereocenters. The van der Waals surface area contributed by atoms with E-state index in [9.17, 15) is 9.59 Å². The third-order valence-electron chi connectivity index (χ3n) is 5.12. The summed E-state index contributed by atoms with van der Waals surface area (Å²) < 4.78 is 12.8. The Morgan fingerprint density at radius 1 is 1.18 bits per heavy atom. The van der Waals surface area contributed by atoms with E-state index in [1.165, 1.54) is 30.2 Å². The van der Waals surface area contributed by atoms with E-state index in [1.54, 1.807) is 0 Å². The first-order valence-corrected chi connectivity index (χ1v) is 12.3. The first-order chi connectivity index (χ1) is 15.7. The van der Waals surface area contributed by atoms with Gasteiger partial charge in [0.25, 0.3) is 0 Å². The van der Waals surface area contributed by atoms with E-state index in [2.05, 4.69) is 15.5 Å². The molecule has 176 valence electrons. The maximum atomic E-state index is 12.6. The molecule has 0 radical (unpaired) electrons. The van der Waals surface area contributed by atoms with E-state index in [4.69, 9.17) is 9.47 Å². The highest BCUT2D eigenvalue weighted by Gasteiger charge is 2.23. The average molecular weight is 489 g/mol. The Labute approximate surface area is 201 Å². The van der Waals surface area contributed by atoms with Gasteiger partial charge in [-0.25, -0.2) is 4.79 Å². The Morgan fingerprint density at radius 2 is 1.88 bits per heavy atom. The van der Waals surface area contributed by atoms with Gasteiger partial charge in [0.2, 0.25) is 5.91 Å². The number of thioether (sulfide) groups is 1. The molecule has 0 spiro atoms. The monoisotopic (exact) mass is 488 g/mol. The summed E-state index contributed by atoms with van der Waals surface area (Å²) in [6, 6.07) is 7.84. The van der Waals surface area contributed by atoms with E-state index in [-0.39, 0.29) is 17.8 Å². The molecule has 1 N–H and O–H groups in total. The van der Waals surface area contributed by atoms with Crippen LogP contribution in [0.25, 0.3) is 0 Å². The first kappa shape index (κ1) is 24.8. The number of hydrogen-bond acceptors (Lipinski definition) is 8. The second-order valence-corrected chi connectivity index (χ2v) is 9.64. The molecule has 0 aliphatic carbocycles. The fraction of sp³-hybridized carbons (Fsp3) is 0.391. The smallest absolute Gasteiger partial charge is 0.341 e. The summed E-state index contributed by atoms with van der Waals surface area (Å²) in [5, 5.41) is 12.5. The summed E-state index contributed by atoms with van der Waals surface area (Å²) >= 11 is 2.65. The maximum Gasteiger partial charge on any atom is 0.341 e. The number of nitrogens with one attached hydrogen (secondary N) is 1. The van der Waals surface area contributed by atoms with E-state index >= 15 is 0 Å². The standard InChI is InChI=1S/C23H28N4O4S2/c1-7-27-20(15(4)31-17-10-8-13(2)9-11-17)25-26-23(27)32-12-18(28)24-21-19(22(29)30-6)14(3)16(5)33-21/h8-11,15H,7,12H2,1-6H3,(H,24,28). The van der Waals surface area contributed by atoms with Gasteiger partial charge in [0.1, 0.15) is 10.8 Å². The van der Waals surface area contributed by atoms with Gasteiger partial charge in [-0.05, 0) is 52.3 Å². The number of thiophene rings is 1. The molecule has 2 heterocycles. The van der Waals surface area contributed by atoms with Gasteiger partial charge < -0.3 is 19.4 Å². The van der Waals surface area contributed by atoms with Crippen molar-refractivity contribution in [3.8, 4) is 5.75 Å². The second-order valence-electron chi connectivity index (χ2n) is 7.47. The van der Waals surface area contributed by atoms with Gasteiger partial charge in [-0.3, -0.25) is 4.79 Å². The minimum Gasteiger partial charge on any atom is -0.483 e. The summed E-state index contributed by atoms with van der Waals surface area (Å²) in [6.07, 6.45) is -0.303. The number of hydrogen-bond donors (Lipinski definition) is 1. The van der Waals surface area contributed by atoms with Crippen LogP contribution in [0.2, 0.25) is 0 Å². The summed E-state index contributed by atoms with van der Waals surface area (Å²) in [4.78, 5) is 25.7. The van der Waals surface area contributed by atoms with Crippen molar-refractivity contribution in [2.75, 3.05) is 18.2 Å². The van der Waals surface area contributed by atoms with Crippen LogP contribution in [-0.2, 0) is 16.1 Å². The topological polar surface area (TPSA) is 95.3 Å². The van der Waals surface area contributed by atoms with E-state index < -0.39 is 5.97 Å². The molecule has 0 bridgehead atoms.